The van der Waals surface area contributed by atoms with Crippen LogP contribution >= 0.6 is 11.8 Å². The molecule has 2 rings (SSSR count). The molecule has 0 spiro atoms. The average Bonchev–Trinajstić information content (AvgIpc) is 2.57. The molecule has 2 fully saturated rings. The molecular weight excluding hydrogens is 356 g/mol. The molecule has 0 aromatic rings. The highest BCUT2D eigenvalue weighted by Gasteiger charge is 2.48. The Hall–Kier alpha value is -0.380. The van der Waals surface area contributed by atoms with Crippen molar-refractivity contribution >= 4 is 17.7 Å². The molecule has 2 aliphatic heterocycles. The summed E-state index contributed by atoms with van der Waals surface area (Å²) < 4.78 is 5.85. The van der Waals surface area contributed by atoms with Crippen molar-refractivity contribution in [1.82, 2.24) is 10.6 Å². The maximum absolute atomic E-state index is 12.7. The summed E-state index contributed by atoms with van der Waals surface area (Å²) in [5.74, 6) is 0.247. The number of amides is 1. The zero-order valence-electron chi connectivity index (χ0n) is 16.1. The van der Waals surface area contributed by atoms with Gasteiger partial charge >= 0.3 is 0 Å². The Morgan fingerprint density at radius 2 is 1.96 bits per heavy atom. The summed E-state index contributed by atoms with van der Waals surface area (Å²) in [5.41, 5.74) is -0.643. The molecule has 0 aliphatic carbocycles. The molecule has 152 valence electrons. The molecule has 0 radical (unpaired) electrons. The second-order valence-corrected chi connectivity index (χ2v) is 8.68. The second-order valence-electron chi connectivity index (χ2n) is 7.74. The molecule has 0 aromatic heterocycles. The van der Waals surface area contributed by atoms with Gasteiger partial charge in [0.05, 0.1) is 12.1 Å². The Labute approximate surface area is 160 Å². The lowest BCUT2D eigenvalue weighted by Gasteiger charge is -2.45. The third kappa shape index (κ3) is 4.72. The number of carbonyl (C=O) groups is 1. The van der Waals surface area contributed by atoms with Gasteiger partial charge in [-0.1, -0.05) is 33.6 Å². The van der Waals surface area contributed by atoms with E-state index in [2.05, 4.69) is 17.6 Å². The number of aliphatic hydroxyl groups is 3. The van der Waals surface area contributed by atoms with E-state index in [0.717, 1.165) is 25.8 Å². The predicted molar refractivity (Wildman–Crippen MR) is 102 cm³/mol. The van der Waals surface area contributed by atoms with Crippen molar-refractivity contribution in [3.63, 3.8) is 0 Å². The standard InChI is InChI=1S/C18H34N2O5S/c1-5-6-7-10-8-19-12(10)17(24)20-11(9(2)3)16-14(22)13(21)15(23)18(25-16)26-4/h9-16,18-19,21-23H,5-8H2,1-4H3,(H,20,24)/t10?,11?,12?,13-,14+,15+,16+,18+/m1/s1. The number of thioether (sulfide) groups is 1. The van der Waals surface area contributed by atoms with Crippen LogP contribution in [0.2, 0.25) is 0 Å². The fourth-order valence-corrected chi connectivity index (χ4v) is 4.37. The van der Waals surface area contributed by atoms with Crippen LogP contribution in [-0.4, -0.2) is 76.0 Å². The van der Waals surface area contributed by atoms with Gasteiger partial charge in [0, 0.05) is 6.54 Å². The van der Waals surface area contributed by atoms with E-state index >= 15 is 0 Å². The lowest BCUT2D eigenvalue weighted by Crippen LogP contribution is -2.67. The van der Waals surface area contributed by atoms with Crippen molar-refractivity contribution in [2.75, 3.05) is 12.8 Å². The van der Waals surface area contributed by atoms with E-state index in [-0.39, 0.29) is 17.9 Å². The van der Waals surface area contributed by atoms with E-state index in [4.69, 9.17) is 4.74 Å². The van der Waals surface area contributed by atoms with Gasteiger partial charge in [-0.25, -0.2) is 0 Å². The molecule has 2 heterocycles. The molecule has 5 N–H and O–H groups in total. The first-order chi connectivity index (χ1) is 12.3. The summed E-state index contributed by atoms with van der Waals surface area (Å²) in [5, 5.41) is 36.8. The minimum Gasteiger partial charge on any atom is -0.388 e. The number of nitrogens with one attached hydrogen (secondary N) is 2. The van der Waals surface area contributed by atoms with Gasteiger partial charge in [0.15, 0.2) is 0 Å². The predicted octanol–water partition coefficient (Wildman–Crippen LogP) is 0.0760. The summed E-state index contributed by atoms with van der Waals surface area (Å²) in [6, 6.07) is -0.668. The number of rotatable bonds is 8. The largest absolute Gasteiger partial charge is 0.388 e. The van der Waals surface area contributed by atoms with Crippen LogP contribution in [0.15, 0.2) is 0 Å². The molecule has 0 aromatic carbocycles. The molecule has 0 saturated carbocycles. The first kappa shape index (κ1) is 21.9. The van der Waals surface area contributed by atoms with Crippen molar-refractivity contribution in [3.8, 4) is 0 Å². The maximum atomic E-state index is 12.7. The summed E-state index contributed by atoms with van der Waals surface area (Å²) in [4.78, 5) is 12.7. The van der Waals surface area contributed by atoms with Gasteiger partial charge in [-0.3, -0.25) is 4.79 Å². The quantitative estimate of drug-likeness (QED) is 0.399. The van der Waals surface area contributed by atoms with Gasteiger partial charge in [-0.05, 0) is 24.5 Å². The lowest BCUT2D eigenvalue weighted by atomic mass is 9.85. The molecule has 0 bridgehead atoms. The molecule has 26 heavy (non-hydrogen) atoms. The Morgan fingerprint density at radius 1 is 1.27 bits per heavy atom. The number of carbonyl (C=O) groups excluding carboxylic acids is 1. The number of hydrogen-bond acceptors (Lipinski definition) is 7. The highest BCUT2D eigenvalue weighted by Crippen LogP contribution is 2.30. The second kappa shape index (κ2) is 9.71. The first-order valence-corrected chi connectivity index (χ1v) is 10.9. The average molecular weight is 391 g/mol. The molecule has 8 heteroatoms. The normalized spacial score (nSPS) is 38.7. The van der Waals surface area contributed by atoms with Crippen LogP contribution in [-0.2, 0) is 9.53 Å². The Morgan fingerprint density at radius 3 is 2.46 bits per heavy atom. The summed E-state index contributed by atoms with van der Waals surface area (Å²) in [6.45, 7) is 6.87. The van der Waals surface area contributed by atoms with Crippen LogP contribution in [0.4, 0.5) is 0 Å². The maximum Gasteiger partial charge on any atom is 0.237 e. The fourth-order valence-electron chi connectivity index (χ4n) is 3.69. The third-order valence-corrected chi connectivity index (χ3v) is 6.36. The van der Waals surface area contributed by atoms with Gasteiger partial charge in [-0.15, -0.1) is 11.8 Å². The van der Waals surface area contributed by atoms with Crippen LogP contribution in [0.1, 0.15) is 40.0 Å². The molecule has 7 nitrogen and oxygen atoms in total. The minimum atomic E-state index is -1.30. The third-order valence-electron chi connectivity index (χ3n) is 5.50. The molecule has 2 saturated heterocycles. The van der Waals surface area contributed by atoms with Gasteiger partial charge in [0.1, 0.15) is 29.9 Å². The lowest BCUT2D eigenvalue weighted by molar-refractivity contribution is -0.208. The molecule has 3 unspecified atom stereocenters. The number of unbranched alkanes of at least 4 members (excludes halogenated alkanes) is 1. The van der Waals surface area contributed by atoms with E-state index in [9.17, 15) is 20.1 Å². The Kier molecular flexibility index (Phi) is 8.18. The van der Waals surface area contributed by atoms with Gasteiger partial charge in [0.2, 0.25) is 5.91 Å². The summed E-state index contributed by atoms with van der Waals surface area (Å²) >= 11 is 1.27. The molecular formula is C18H34N2O5S. The molecule has 2 aliphatic rings. The van der Waals surface area contributed by atoms with E-state index in [0.29, 0.717) is 5.92 Å². The van der Waals surface area contributed by atoms with Crippen molar-refractivity contribution < 1.29 is 24.9 Å². The van der Waals surface area contributed by atoms with Gasteiger partial charge < -0.3 is 30.7 Å². The number of hydrogen-bond donors (Lipinski definition) is 5. The minimum absolute atomic E-state index is 0.00211. The zero-order chi connectivity index (χ0) is 19.4. The number of aliphatic hydroxyl groups excluding tert-OH is 3. The first-order valence-electron chi connectivity index (χ1n) is 9.58. The summed E-state index contributed by atoms with van der Waals surface area (Å²) in [6.07, 6.45) is 0.515. The zero-order valence-corrected chi connectivity index (χ0v) is 16.9. The molecule has 1 amide bonds. The van der Waals surface area contributed by atoms with Crippen LogP contribution in [0, 0.1) is 11.8 Å². The van der Waals surface area contributed by atoms with Crippen LogP contribution in [0.5, 0.6) is 0 Å². The highest BCUT2D eigenvalue weighted by atomic mass is 32.2. The van der Waals surface area contributed by atoms with Gasteiger partial charge in [0.25, 0.3) is 0 Å². The van der Waals surface area contributed by atoms with Crippen molar-refractivity contribution in [2.45, 2.75) is 82.0 Å². The highest BCUT2D eigenvalue weighted by molar-refractivity contribution is 7.99. The van der Waals surface area contributed by atoms with Crippen LogP contribution < -0.4 is 10.6 Å². The monoisotopic (exact) mass is 390 g/mol. The van der Waals surface area contributed by atoms with Crippen LogP contribution in [0.25, 0.3) is 0 Å². The fraction of sp³-hybridized carbons (Fsp3) is 0.944. The van der Waals surface area contributed by atoms with E-state index < -0.39 is 35.9 Å². The Balaban J connectivity index is 2.05. The number of ether oxygens (including phenoxy) is 1. The van der Waals surface area contributed by atoms with E-state index in [1.165, 1.54) is 11.8 Å². The molecule has 8 atom stereocenters. The smallest absolute Gasteiger partial charge is 0.237 e. The van der Waals surface area contributed by atoms with E-state index in [1.54, 1.807) is 6.26 Å². The van der Waals surface area contributed by atoms with Gasteiger partial charge in [-0.2, -0.15) is 0 Å². The van der Waals surface area contributed by atoms with Crippen LogP contribution in [0.3, 0.4) is 0 Å². The van der Waals surface area contributed by atoms with Crippen molar-refractivity contribution in [3.05, 3.63) is 0 Å². The van der Waals surface area contributed by atoms with Crippen molar-refractivity contribution in [2.24, 2.45) is 11.8 Å². The van der Waals surface area contributed by atoms with E-state index in [1.807, 2.05) is 13.8 Å². The SMILES string of the molecule is CCCCC1CNC1C(=O)NC(C(C)C)[C@@H]1O[C@@H](SC)[C@@H](O)[C@H](O)[C@@H]1O. The summed E-state index contributed by atoms with van der Waals surface area (Å²) in [7, 11) is 0. The Bertz CT molecular complexity index is 465. The topological polar surface area (TPSA) is 111 Å². The van der Waals surface area contributed by atoms with Crippen molar-refractivity contribution in [1.29, 1.82) is 0 Å².